The average molecular weight is 342 g/mol. The molecule has 2 rings (SSSR count). The second kappa shape index (κ2) is 5.64. The molecule has 0 bridgehead atoms. The van der Waals surface area contributed by atoms with Gasteiger partial charge in [0.15, 0.2) is 0 Å². The number of pyridine rings is 1. The van der Waals surface area contributed by atoms with E-state index in [0.29, 0.717) is 11.4 Å². The van der Waals surface area contributed by atoms with E-state index in [4.69, 9.17) is 5.73 Å². The summed E-state index contributed by atoms with van der Waals surface area (Å²) in [4.78, 5) is 16.5. The Morgan fingerprint density at radius 1 is 1.47 bits per heavy atom. The largest absolute Gasteiger partial charge is 0.325 e. The highest BCUT2D eigenvalue weighted by Gasteiger charge is 2.11. The van der Waals surface area contributed by atoms with Crippen LogP contribution in [0.25, 0.3) is 5.65 Å². The summed E-state index contributed by atoms with van der Waals surface area (Å²) in [6.07, 6.45) is 1.73. The Balaban J connectivity index is 2.22. The maximum atomic E-state index is 12.0. The van der Waals surface area contributed by atoms with Gasteiger partial charge >= 0.3 is 0 Å². The average Bonchev–Trinajstić information content (AvgIpc) is 2.28. The van der Waals surface area contributed by atoms with Gasteiger partial charge in [-0.1, -0.05) is 0 Å². The molecule has 4 nitrogen and oxygen atoms in total. The van der Waals surface area contributed by atoms with E-state index in [1.807, 2.05) is 26.0 Å². The molecule has 0 aliphatic rings. The Morgan fingerprint density at radius 2 is 2.21 bits per heavy atom. The maximum Gasteiger partial charge on any atom is 0.258 e. The van der Waals surface area contributed by atoms with Crippen molar-refractivity contribution in [3.05, 3.63) is 44.9 Å². The Bertz CT molecular complexity index is 648. The van der Waals surface area contributed by atoms with Crippen LogP contribution in [0.2, 0.25) is 0 Å². The predicted octanol–water partition coefficient (Wildman–Crippen LogP) is 2.43. The van der Waals surface area contributed by atoms with Crippen LogP contribution in [-0.4, -0.2) is 20.7 Å². The zero-order chi connectivity index (χ0) is 14.0. The SMILES string of the molecule is CC(C)(N)CSCc1cc(=O)n2cc(Br)ccc2n1. The summed E-state index contributed by atoms with van der Waals surface area (Å²) in [6, 6.07) is 5.28. The van der Waals surface area contributed by atoms with Crippen LogP contribution >= 0.6 is 27.7 Å². The quantitative estimate of drug-likeness (QED) is 0.927. The molecule has 0 atom stereocenters. The fraction of sp³-hybridized carbons (Fsp3) is 0.385. The lowest BCUT2D eigenvalue weighted by Gasteiger charge is -2.17. The molecule has 2 N–H and O–H groups in total. The van der Waals surface area contributed by atoms with E-state index < -0.39 is 0 Å². The van der Waals surface area contributed by atoms with Crippen LogP contribution in [0.5, 0.6) is 0 Å². The second-order valence-electron chi connectivity index (χ2n) is 5.14. The normalized spacial score (nSPS) is 12.0. The fourth-order valence-electron chi connectivity index (χ4n) is 1.62. The van der Waals surface area contributed by atoms with Crippen LogP contribution in [0, 0.1) is 0 Å². The summed E-state index contributed by atoms with van der Waals surface area (Å²) in [6.45, 7) is 3.97. The minimum absolute atomic E-state index is 0.0612. The Hall–Kier alpha value is -0.850. The monoisotopic (exact) mass is 341 g/mol. The molecule has 2 aromatic heterocycles. The van der Waals surface area contributed by atoms with E-state index in [-0.39, 0.29) is 11.1 Å². The van der Waals surface area contributed by atoms with Gasteiger partial charge in [0.25, 0.3) is 5.56 Å². The molecule has 0 radical (unpaired) electrons. The molecule has 0 aliphatic carbocycles. The molecule has 0 aliphatic heterocycles. The highest BCUT2D eigenvalue weighted by atomic mass is 79.9. The molecule has 0 saturated carbocycles. The van der Waals surface area contributed by atoms with Crippen LogP contribution < -0.4 is 11.3 Å². The lowest BCUT2D eigenvalue weighted by molar-refractivity contribution is 0.591. The van der Waals surface area contributed by atoms with Crippen LogP contribution in [0.1, 0.15) is 19.5 Å². The molecule has 0 amide bonds. The Morgan fingerprint density at radius 3 is 2.89 bits per heavy atom. The highest BCUT2D eigenvalue weighted by Crippen LogP contribution is 2.15. The molecule has 2 heterocycles. The second-order valence-corrected chi connectivity index (χ2v) is 7.04. The first-order chi connectivity index (χ1) is 8.85. The van der Waals surface area contributed by atoms with Gasteiger partial charge < -0.3 is 5.73 Å². The van der Waals surface area contributed by atoms with Crippen molar-refractivity contribution in [1.82, 2.24) is 9.38 Å². The first kappa shape index (κ1) is 14.6. The lowest BCUT2D eigenvalue weighted by Crippen LogP contribution is -2.34. The van der Waals surface area contributed by atoms with Gasteiger partial charge in [0.05, 0.1) is 5.69 Å². The third-order valence-corrected chi connectivity index (χ3v) is 4.32. The van der Waals surface area contributed by atoms with Crippen molar-refractivity contribution in [3.8, 4) is 0 Å². The minimum atomic E-state index is -0.207. The Labute approximate surface area is 124 Å². The molecule has 102 valence electrons. The minimum Gasteiger partial charge on any atom is -0.325 e. The van der Waals surface area contributed by atoms with Crippen molar-refractivity contribution < 1.29 is 0 Å². The van der Waals surface area contributed by atoms with Crippen molar-refractivity contribution in [2.24, 2.45) is 5.73 Å². The lowest BCUT2D eigenvalue weighted by atomic mass is 10.1. The molecule has 0 unspecified atom stereocenters. The van der Waals surface area contributed by atoms with Gasteiger partial charge in [-0.25, -0.2) is 4.98 Å². The van der Waals surface area contributed by atoms with Crippen LogP contribution in [0.4, 0.5) is 0 Å². The topological polar surface area (TPSA) is 60.4 Å². The van der Waals surface area contributed by atoms with E-state index in [0.717, 1.165) is 15.9 Å². The number of rotatable bonds is 4. The number of nitrogens with two attached hydrogens (primary N) is 1. The molecule has 0 saturated heterocycles. The molecule has 0 spiro atoms. The molecular formula is C13H16BrN3OS. The molecule has 2 aromatic rings. The maximum absolute atomic E-state index is 12.0. The molecule has 0 fully saturated rings. The third kappa shape index (κ3) is 4.06. The van der Waals surface area contributed by atoms with Crippen molar-refractivity contribution in [1.29, 1.82) is 0 Å². The number of fused-ring (bicyclic) bond motifs is 1. The van der Waals surface area contributed by atoms with Gasteiger partial charge in [0.2, 0.25) is 0 Å². The van der Waals surface area contributed by atoms with Crippen LogP contribution in [0.3, 0.4) is 0 Å². The summed E-state index contributed by atoms with van der Waals surface area (Å²) < 4.78 is 2.39. The molecule has 0 aromatic carbocycles. The van der Waals surface area contributed by atoms with E-state index in [1.165, 1.54) is 4.40 Å². The van der Waals surface area contributed by atoms with Gasteiger partial charge in [0, 0.05) is 33.8 Å². The van der Waals surface area contributed by atoms with Crippen LogP contribution in [-0.2, 0) is 5.75 Å². The first-order valence-electron chi connectivity index (χ1n) is 5.90. The standard InChI is InChI=1S/C13H16BrN3OS/c1-13(2,15)8-19-7-10-5-12(18)17-6-9(14)3-4-11(17)16-10/h3-6H,7-8,15H2,1-2H3. The number of hydrogen-bond acceptors (Lipinski definition) is 4. The van der Waals surface area contributed by atoms with Gasteiger partial charge in [0.1, 0.15) is 5.65 Å². The number of halogens is 1. The predicted molar refractivity (Wildman–Crippen MR) is 83.6 cm³/mol. The van der Waals surface area contributed by atoms with Crippen molar-refractivity contribution in [2.75, 3.05) is 5.75 Å². The summed E-state index contributed by atoms with van der Waals surface area (Å²) in [5, 5.41) is 0. The number of hydrogen-bond donors (Lipinski definition) is 1. The molecule has 6 heteroatoms. The third-order valence-electron chi connectivity index (χ3n) is 2.40. The highest BCUT2D eigenvalue weighted by molar-refractivity contribution is 9.10. The summed E-state index contributed by atoms with van der Waals surface area (Å²) in [5.74, 6) is 1.52. The van der Waals surface area contributed by atoms with E-state index >= 15 is 0 Å². The van der Waals surface area contributed by atoms with E-state index in [1.54, 1.807) is 24.0 Å². The van der Waals surface area contributed by atoms with Gasteiger partial charge in [-0.3, -0.25) is 9.20 Å². The molecular weight excluding hydrogens is 326 g/mol. The van der Waals surface area contributed by atoms with E-state index in [2.05, 4.69) is 20.9 Å². The zero-order valence-electron chi connectivity index (χ0n) is 10.9. The molecule has 19 heavy (non-hydrogen) atoms. The number of aromatic nitrogens is 2. The van der Waals surface area contributed by atoms with E-state index in [9.17, 15) is 4.79 Å². The van der Waals surface area contributed by atoms with Gasteiger partial charge in [-0.05, 0) is 41.9 Å². The summed E-state index contributed by atoms with van der Waals surface area (Å²) in [5.41, 5.74) is 7.11. The fourth-order valence-corrected chi connectivity index (χ4v) is 2.94. The summed E-state index contributed by atoms with van der Waals surface area (Å²) >= 11 is 5.03. The van der Waals surface area contributed by atoms with Crippen LogP contribution in [0.15, 0.2) is 33.7 Å². The van der Waals surface area contributed by atoms with Crippen molar-refractivity contribution in [3.63, 3.8) is 0 Å². The van der Waals surface area contributed by atoms with Crippen molar-refractivity contribution in [2.45, 2.75) is 25.1 Å². The van der Waals surface area contributed by atoms with Gasteiger partial charge in [-0.15, -0.1) is 0 Å². The first-order valence-corrected chi connectivity index (χ1v) is 7.84. The number of thioether (sulfide) groups is 1. The summed E-state index contributed by atoms with van der Waals surface area (Å²) in [7, 11) is 0. The zero-order valence-corrected chi connectivity index (χ0v) is 13.3. The van der Waals surface area contributed by atoms with Crippen molar-refractivity contribution >= 4 is 33.3 Å². The van der Waals surface area contributed by atoms with Gasteiger partial charge in [-0.2, -0.15) is 11.8 Å². The number of nitrogens with zero attached hydrogens (tertiary/aromatic N) is 2. The smallest absolute Gasteiger partial charge is 0.258 e. The Kier molecular flexibility index (Phi) is 4.32.